The predicted octanol–water partition coefficient (Wildman–Crippen LogP) is 3.06. The van der Waals surface area contributed by atoms with Crippen molar-refractivity contribution in [2.24, 2.45) is 0 Å². The summed E-state index contributed by atoms with van der Waals surface area (Å²) < 4.78 is 2.23. The standard InChI is InChI=1S/C17H25N3/c1-3-18-16(11-10-15-8-6-5-7-9-15)14-17-19-12-13-20(17)4-2/h5-9,12-13,16,18H,3-4,10-11,14H2,1-2H3. The minimum absolute atomic E-state index is 0.493. The van der Waals surface area contributed by atoms with Gasteiger partial charge < -0.3 is 9.88 Å². The number of aryl methyl sites for hydroxylation is 2. The number of hydrogen-bond acceptors (Lipinski definition) is 2. The average molecular weight is 271 g/mol. The number of aromatic nitrogens is 2. The summed E-state index contributed by atoms with van der Waals surface area (Å²) in [7, 11) is 0. The third kappa shape index (κ3) is 4.20. The Morgan fingerprint density at radius 2 is 2.00 bits per heavy atom. The molecule has 1 atom stereocenters. The molecule has 0 radical (unpaired) electrons. The van der Waals surface area contributed by atoms with E-state index in [1.165, 1.54) is 11.4 Å². The van der Waals surface area contributed by atoms with Crippen LogP contribution in [0.15, 0.2) is 42.7 Å². The van der Waals surface area contributed by atoms with E-state index >= 15 is 0 Å². The highest BCUT2D eigenvalue weighted by molar-refractivity contribution is 5.15. The van der Waals surface area contributed by atoms with Gasteiger partial charge in [-0.2, -0.15) is 0 Å². The van der Waals surface area contributed by atoms with Gasteiger partial charge in [0.25, 0.3) is 0 Å². The molecule has 3 nitrogen and oxygen atoms in total. The molecule has 3 heteroatoms. The smallest absolute Gasteiger partial charge is 0.110 e. The third-order valence-electron chi connectivity index (χ3n) is 3.69. The molecule has 1 aromatic carbocycles. The summed E-state index contributed by atoms with van der Waals surface area (Å²) in [6.45, 7) is 6.33. The van der Waals surface area contributed by atoms with Crippen LogP contribution in [-0.2, 0) is 19.4 Å². The van der Waals surface area contributed by atoms with Gasteiger partial charge in [-0.15, -0.1) is 0 Å². The SMILES string of the molecule is CCNC(CCc1ccccc1)Cc1nccn1CC. The maximum absolute atomic E-state index is 4.49. The van der Waals surface area contributed by atoms with Gasteiger partial charge in [0.2, 0.25) is 0 Å². The molecule has 0 saturated heterocycles. The summed E-state index contributed by atoms with van der Waals surface area (Å²) in [5, 5.41) is 3.59. The van der Waals surface area contributed by atoms with Gasteiger partial charge in [-0.3, -0.25) is 0 Å². The quantitative estimate of drug-likeness (QED) is 0.799. The van der Waals surface area contributed by atoms with Crippen molar-refractivity contribution in [3.63, 3.8) is 0 Å². The van der Waals surface area contributed by atoms with Crippen LogP contribution in [0.25, 0.3) is 0 Å². The maximum Gasteiger partial charge on any atom is 0.110 e. The molecular weight excluding hydrogens is 246 g/mol. The van der Waals surface area contributed by atoms with Crippen LogP contribution in [0.1, 0.15) is 31.7 Å². The monoisotopic (exact) mass is 271 g/mol. The van der Waals surface area contributed by atoms with Gasteiger partial charge in [0, 0.05) is 31.4 Å². The highest BCUT2D eigenvalue weighted by Gasteiger charge is 2.12. The first kappa shape index (κ1) is 14.8. The molecule has 108 valence electrons. The van der Waals surface area contributed by atoms with Gasteiger partial charge in [0.1, 0.15) is 5.82 Å². The summed E-state index contributed by atoms with van der Waals surface area (Å²) in [6, 6.07) is 11.2. The summed E-state index contributed by atoms with van der Waals surface area (Å²) in [5.41, 5.74) is 1.41. The first-order valence-corrected chi connectivity index (χ1v) is 7.60. The molecule has 1 unspecified atom stereocenters. The number of benzene rings is 1. The lowest BCUT2D eigenvalue weighted by atomic mass is 10.0. The topological polar surface area (TPSA) is 29.9 Å². The van der Waals surface area contributed by atoms with Crippen molar-refractivity contribution in [1.82, 2.24) is 14.9 Å². The Morgan fingerprint density at radius 3 is 2.70 bits per heavy atom. The van der Waals surface area contributed by atoms with E-state index in [0.717, 1.165) is 32.4 Å². The fraction of sp³-hybridized carbons (Fsp3) is 0.471. The second-order valence-corrected chi connectivity index (χ2v) is 5.11. The molecule has 2 rings (SSSR count). The van der Waals surface area contributed by atoms with Crippen molar-refractivity contribution >= 4 is 0 Å². The molecule has 0 aliphatic carbocycles. The molecule has 2 aromatic rings. The zero-order valence-electron chi connectivity index (χ0n) is 12.5. The minimum Gasteiger partial charge on any atom is -0.335 e. The van der Waals surface area contributed by atoms with Gasteiger partial charge in [0.05, 0.1) is 0 Å². The van der Waals surface area contributed by atoms with Crippen LogP contribution in [0.5, 0.6) is 0 Å². The van der Waals surface area contributed by atoms with Crippen LogP contribution >= 0.6 is 0 Å². The summed E-state index contributed by atoms with van der Waals surface area (Å²) in [6.07, 6.45) is 7.23. The Balaban J connectivity index is 1.93. The summed E-state index contributed by atoms with van der Waals surface area (Å²) in [5.74, 6) is 1.19. The molecule has 1 heterocycles. The number of likely N-dealkylation sites (N-methyl/N-ethyl adjacent to an activating group) is 1. The lowest BCUT2D eigenvalue weighted by Gasteiger charge is -2.18. The van der Waals surface area contributed by atoms with Gasteiger partial charge in [-0.25, -0.2) is 4.98 Å². The minimum atomic E-state index is 0.493. The molecule has 0 fully saturated rings. The first-order chi connectivity index (χ1) is 9.83. The van der Waals surface area contributed by atoms with Crippen LogP contribution in [0.3, 0.4) is 0 Å². The molecule has 1 aromatic heterocycles. The van der Waals surface area contributed by atoms with Gasteiger partial charge in [-0.1, -0.05) is 37.3 Å². The number of imidazole rings is 1. The normalized spacial score (nSPS) is 12.5. The number of nitrogens with one attached hydrogen (secondary N) is 1. The Kier molecular flexibility index (Phi) is 5.81. The van der Waals surface area contributed by atoms with Crippen molar-refractivity contribution in [3.05, 3.63) is 54.1 Å². The number of hydrogen-bond donors (Lipinski definition) is 1. The van der Waals surface area contributed by atoms with Crippen molar-refractivity contribution in [2.45, 2.75) is 45.7 Å². The largest absolute Gasteiger partial charge is 0.335 e. The average Bonchev–Trinajstić information content (AvgIpc) is 2.93. The van der Waals surface area contributed by atoms with Crippen LogP contribution in [0.2, 0.25) is 0 Å². The lowest BCUT2D eigenvalue weighted by Crippen LogP contribution is -2.32. The lowest BCUT2D eigenvalue weighted by molar-refractivity contribution is 0.473. The Bertz CT molecular complexity index is 490. The molecule has 0 bridgehead atoms. The van der Waals surface area contributed by atoms with E-state index in [-0.39, 0.29) is 0 Å². The second-order valence-electron chi connectivity index (χ2n) is 5.11. The highest BCUT2D eigenvalue weighted by atomic mass is 15.1. The van der Waals surface area contributed by atoms with E-state index in [2.05, 4.69) is 65.2 Å². The number of rotatable bonds is 8. The predicted molar refractivity (Wildman–Crippen MR) is 83.8 cm³/mol. The van der Waals surface area contributed by atoms with Gasteiger partial charge in [0.15, 0.2) is 0 Å². The summed E-state index contributed by atoms with van der Waals surface area (Å²) in [4.78, 5) is 4.49. The Labute approximate surface area is 122 Å². The van der Waals surface area contributed by atoms with E-state index in [1.807, 2.05) is 6.20 Å². The number of nitrogens with zero attached hydrogens (tertiary/aromatic N) is 2. The molecule has 0 spiro atoms. The third-order valence-corrected chi connectivity index (χ3v) is 3.69. The molecule has 0 aliphatic heterocycles. The molecule has 20 heavy (non-hydrogen) atoms. The van der Waals surface area contributed by atoms with Crippen LogP contribution in [0.4, 0.5) is 0 Å². The van der Waals surface area contributed by atoms with E-state index < -0.39 is 0 Å². The summed E-state index contributed by atoms with van der Waals surface area (Å²) >= 11 is 0. The Hall–Kier alpha value is -1.61. The molecule has 1 N–H and O–H groups in total. The zero-order valence-corrected chi connectivity index (χ0v) is 12.5. The van der Waals surface area contributed by atoms with E-state index in [0.29, 0.717) is 6.04 Å². The fourth-order valence-corrected chi connectivity index (χ4v) is 2.59. The maximum atomic E-state index is 4.49. The van der Waals surface area contributed by atoms with Crippen LogP contribution in [0, 0.1) is 0 Å². The molecular formula is C17H25N3. The molecule has 0 amide bonds. The van der Waals surface area contributed by atoms with Crippen LogP contribution in [-0.4, -0.2) is 22.1 Å². The van der Waals surface area contributed by atoms with Gasteiger partial charge >= 0.3 is 0 Å². The Morgan fingerprint density at radius 1 is 1.20 bits per heavy atom. The van der Waals surface area contributed by atoms with Crippen molar-refractivity contribution in [1.29, 1.82) is 0 Å². The van der Waals surface area contributed by atoms with E-state index in [9.17, 15) is 0 Å². The molecule has 0 saturated carbocycles. The van der Waals surface area contributed by atoms with Crippen molar-refractivity contribution < 1.29 is 0 Å². The van der Waals surface area contributed by atoms with Crippen LogP contribution < -0.4 is 5.32 Å². The fourth-order valence-electron chi connectivity index (χ4n) is 2.59. The van der Waals surface area contributed by atoms with Crippen molar-refractivity contribution in [2.75, 3.05) is 6.54 Å². The van der Waals surface area contributed by atoms with E-state index in [4.69, 9.17) is 0 Å². The van der Waals surface area contributed by atoms with Gasteiger partial charge in [-0.05, 0) is 31.9 Å². The van der Waals surface area contributed by atoms with E-state index in [1.54, 1.807) is 0 Å². The van der Waals surface area contributed by atoms with Crippen molar-refractivity contribution in [3.8, 4) is 0 Å². The zero-order chi connectivity index (χ0) is 14.2. The molecule has 0 aliphatic rings. The first-order valence-electron chi connectivity index (χ1n) is 7.60. The highest BCUT2D eigenvalue weighted by Crippen LogP contribution is 2.09. The second kappa shape index (κ2) is 7.85.